The van der Waals surface area contributed by atoms with Crippen LogP contribution in [0.5, 0.6) is 5.75 Å². The zero-order valence-electron chi connectivity index (χ0n) is 15.1. The van der Waals surface area contributed by atoms with Crippen molar-refractivity contribution in [1.29, 1.82) is 0 Å². The number of carbonyl (C=O) groups excluding carboxylic acids is 1. The first-order valence-corrected chi connectivity index (χ1v) is 8.14. The van der Waals surface area contributed by atoms with E-state index in [1.54, 1.807) is 42.5 Å². The second-order valence-electron chi connectivity index (χ2n) is 5.90. The second kappa shape index (κ2) is 7.28. The first-order valence-electron chi connectivity index (χ1n) is 8.14. The van der Waals surface area contributed by atoms with E-state index in [1.165, 1.54) is 14.2 Å². The number of para-hydroxylation sites is 1. The molecule has 3 rings (SSSR count). The van der Waals surface area contributed by atoms with Crippen LogP contribution in [-0.4, -0.2) is 27.4 Å². The molecule has 138 valence electrons. The van der Waals surface area contributed by atoms with Gasteiger partial charge in [-0.25, -0.2) is 4.79 Å². The second-order valence-corrected chi connectivity index (χ2v) is 5.90. The Labute approximate surface area is 154 Å². The lowest BCUT2D eigenvalue weighted by atomic mass is 10.2. The molecule has 0 saturated carbocycles. The molecule has 27 heavy (non-hydrogen) atoms. The van der Waals surface area contributed by atoms with Crippen LogP contribution in [-0.2, 0) is 7.05 Å². The molecule has 0 unspecified atom stereocenters. The molecule has 1 aromatic heterocycles. The average molecular weight is 366 g/mol. The molecule has 0 saturated heterocycles. The summed E-state index contributed by atoms with van der Waals surface area (Å²) in [6, 6.07) is 13.8. The number of aryl methyl sites for hydroxylation is 1. The Kier molecular flexibility index (Phi) is 4.89. The number of nitrogens with zero attached hydrogens (tertiary/aromatic N) is 3. The van der Waals surface area contributed by atoms with Crippen molar-refractivity contribution < 1.29 is 9.53 Å². The van der Waals surface area contributed by atoms with Crippen molar-refractivity contribution in [2.75, 3.05) is 12.4 Å². The third kappa shape index (κ3) is 3.50. The molecular weight excluding hydrogens is 348 g/mol. The fourth-order valence-corrected chi connectivity index (χ4v) is 2.55. The monoisotopic (exact) mass is 366 g/mol. The number of hydrogen-bond acceptors (Lipinski definition) is 5. The van der Waals surface area contributed by atoms with Gasteiger partial charge in [-0.2, -0.15) is 9.78 Å². The van der Waals surface area contributed by atoms with Gasteiger partial charge in [0.1, 0.15) is 5.75 Å². The van der Waals surface area contributed by atoms with Crippen LogP contribution in [0.15, 0.2) is 58.1 Å². The zero-order valence-corrected chi connectivity index (χ0v) is 15.1. The summed E-state index contributed by atoms with van der Waals surface area (Å²) >= 11 is 0. The fraction of sp³-hybridized carbons (Fsp3) is 0.158. The summed E-state index contributed by atoms with van der Waals surface area (Å²) in [6.07, 6.45) is 0. The molecule has 8 heteroatoms. The maximum absolute atomic E-state index is 12.7. The first kappa shape index (κ1) is 18.1. The molecule has 0 aliphatic heterocycles. The molecular formula is C19H18N4O4. The van der Waals surface area contributed by atoms with Gasteiger partial charge in [0.05, 0.1) is 18.5 Å². The molecule has 0 aliphatic rings. The molecule has 0 radical (unpaired) electrons. The van der Waals surface area contributed by atoms with Crippen molar-refractivity contribution in [2.45, 2.75) is 6.92 Å². The summed E-state index contributed by atoms with van der Waals surface area (Å²) in [7, 11) is 2.78. The molecule has 8 nitrogen and oxygen atoms in total. The molecule has 0 bridgehead atoms. The normalized spacial score (nSPS) is 10.5. The van der Waals surface area contributed by atoms with Crippen LogP contribution in [0.3, 0.4) is 0 Å². The Hall–Kier alpha value is -3.68. The SMILES string of the molecule is COc1ccc(C)cc1NC(=O)c1nn(-c2ccccc2)c(=O)n(C)c1=O. The van der Waals surface area contributed by atoms with E-state index in [0.717, 1.165) is 14.8 Å². The average Bonchev–Trinajstić information content (AvgIpc) is 2.67. The summed E-state index contributed by atoms with van der Waals surface area (Å²) in [5, 5.41) is 6.62. The van der Waals surface area contributed by atoms with E-state index >= 15 is 0 Å². The Morgan fingerprint density at radius 2 is 1.81 bits per heavy atom. The highest BCUT2D eigenvalue weighted by Crippen LogP contribution is 2.25. The number of rotatable bonds is 4. The van der Waals surface area contributed by atoms with Crippen molar-refractivity contribution in [2.24, 2.45) is 7.05 Å². The van der Waals surface area contributed by atoms with Gasteiger partial charge in [0.25, 0.3) is 11.5 Å². The third-order valence-corrected chi connectivity index (χ3v) is 3.99. The molecule has 0 aliphatic carbocycles. The minimum Gasteiger partial charge on any atom is -0.495 e. The van der Waals surface area contributed by atoms with E-state index in [9.17, 15) is 14.4 Å². The minimum atomic E-state index is -0.781. The number of nitrogens with one attached hydrogen (secondary N) is 1. The highest BCUT2D eigenvalue weighted by molar-refractivity contribution is 6.03. The standard InChI is InChI=1S/C19H18N4O4/c1-12-9-10-15(27-3)14(11-12)20-17(24)16-18(25)22(2)19(26)23(21-16)13-7-5-4-6-8-13/h4-11H,1-3H3,(H,20,24). The molecule has 1 heterocycles. The highest BCUT2D eigenvalue weighted by atomic mass is 16.5. The summed E-state index contributed by atoms with van der Waals surface area (Å²) < 4.78 is 7.10. The van der Waals surface area contributed by atoms with Crippen LogP contribution in [0, 0.1) is 6.92 Å². The van der Waals surface area contributed by atoms with Crippen molar-refractivity contribution in [3.63, 3.8) is 0 Å². The Morgan fingerprint density at radius 3 is 2.48 bits per heavy atom. The Morgan fingerprint density at radius 1 is 1.11 bits per heavy atom. The lowest BCUT2D eigenvalue weighted by Crippen LogP contribution is -2.43. The van der Waals surface area contributed by atoms with E-state index in [1.807, 2.05) is 13.0 Å². The van der Waals surface area contributed by atoms with Gasteiger partial charge in [-0.05, 0) is 36.8 Å². The van der Waals surface area contributed by atoms with E-state index in [0.29, 0.717) is 17.1 Å². The van der Waals surface area contributed by atoms with Crippen LogP contribution < -0.4 is 21.3 Å². The Bertz CT molecular complexity index is 1120. The molecule has 3 aromatic rings. The number of methoxy groups -OCH3 is 1. The quantitative estimate of drug-likeness (QED) is 0.755. The number of anilines is 1. The molecule has 2 aromatic carbocycles. The van der Waals surface area contributed by atoms with E-state index < -0.39 is 22.9 Å². The zero-order chi connectivity index (χ0) is 19.6. The van der Waals surface area contributed by atoms with Gasteiger partial charge in [-0.15, -0.1) is 0 Å². The van der Waals surface area contributed by atoms with E-state index in [4.69, 9.17) is 4.74 Å². The number of ether oxygens (including phenoxy) is 1. The van der Waals surface area contributed by atoms with Crippen molar-refractivity contribution in [3.8, 4) is 11.4 Å². The smallest absolute Gasteiger partial charge is 0.351 e. The van der Waals surface area contributed by atoms with Gasteiger partial charge in [0.15, 0.2) is 0 Å². The fourth-order valence-electron chi connectivity index (χ4n) is 2.55. The summed E-state index contributed by atoms with van der Waals surface area (Å²) in [5.41, 5.74) is -0.0676. The van der Waals surface area contributed by atoms with Crippen LogP contribution in [0.1, 0.15) is 16.1 Å². The number of amides is 1. The Balaban J connectivity index is 2.08. The van der Waals surface area contributed by atoms with Gasteiger partial charge in [0, 0.05) is 7.05 Å². The lowest BCUT2D eigenvalue weighted by Gasteiger charge is -2.12. The third-order valence-electron chi connectivity index (χ3n) is 3.99. The minimum absolute atomic E-state index is 0.399. The van der Waals surface area contributed by atoms with Gasteiger partial charge in [-0.3, -0.25) is 14.2 Å². The maximum Gasteiger partial charge on any atom is 0.351 e. The van der Waals surface area contributed by atoms with Crippen molar-refractivity contribution in [1.82, 2.24) is 14.3 Å². The van der Waals surface area contributed by atoms with Crippen LogP contribution in [0.4, 0.5) is 5.69 Å². The first-order chi connectivity index (χ1) is 12.9. The molecule has 0 fully saturated rings. The predicted octanol–water partition coefficient (Wildman–Crippen LogP) is 1.50. The van der Waals surface area contributed by atoms with E-state index in [2.05, 4.69) is 10.4 Å². The van der Waals surface area contributed by atoms with Gasteiger partial charge in [0.2, 0.25) is 5.69 Å². The number of hydrogen-bond donors (Lipinski definition) is 1. The molecule has 1 N–H and O–H groups in total. The predicted molar refractivity (Wildman–Crippen MR) is 101 cm³/mol. The molecule has 0 spiro atoms. The number of carbonyl (C=O) groups is 1. The van der Waals surface area contributed by atoms with Crippen molar-refractivity contribution in [3.05, 3.63) is 80.6 Å². The van der Waals surface area contributed by atoms with Crippen LogP contribution >= 0.6 is 0 Å². The number of aromatic nitrogens is 3. The van der Waals surface area contributed by atoms with Crippen molar-refractivity contribution >= 4 is 11.6 Å². The summed E-state index contributed by atoms with van der Waals surface area (Å²) in [6.45, 7) is 1.86. The largest absolute Gasteiger partial charge is 0.495 e. The highest BCUT2D eigenvalue weighted by Gasteiger charge is 2.20. The topological polar surface area (TPSA) is 95.2 Å². The van der Waals surface area contributed by atoms with Crippen LogP contribution in [0.25, 0.3) is 5.69 Å². The maximum atomic E-state index is 12.7. The van der Waals surface area contributed by atoms with Crippen LogP contribution in [0.2, 0.25) is 0 Å². The summed E-state index contributed by atoms with van der Waals surface area (Å²) in [5.74, 6) is -0.286. The molecule has 0 atom stereocenters. The van der Waals surface area contributed by atoms with Gasteiger partial charge < -0.3 is 10.1 Å². The molecule has 1 amide bonds. The van der Waals surface area contributed by atoms with E-state index in [-0.39, 0.29) is 0 Å². The van der Waals surface area contributed by atoms with Gasteiger partial charge in [-0.1, -0.05) is 24.3 Å². The number of benzene rings is 2. The summed E-state index contributed by atoms with van der Waals surface area (Å²) in [4.78, 5) is 37.5. The lowest BCUT2D eigenvalue weighted by molar-refractivity contribution is 0.101. The van der Waals surface area contributed by atoms with Gasteiger partial charge >= 0.3 is 5.69 Å².